The van der Waals surface area contributed by atoms with Crippen LogP contribution in [0, 0.1) is 24.4 Å². The maximum absolute atomic E-state index is 14.4. The van der Waals surface area contributed by atoms with Gasteiger partial charge in [0.2, 0.25) is 0 Å². The molecule has 1 aliphatic heterocycles. The lowest BCUT2D eigenvalue weighted by Crippen LogP contribution is -2.35. The van der Waals surface area contributed by atoms with E-state index in [1.54, 1.807) is 26.0 Å². The molecule has 0 aliphatic carbocycles. The Hall–Kier alpha value is -2.09. The van der Waals surface area contributed by atoms with Crippen molar-refractivity contribution >= 4 is 0 Å². The third-order valence-electron chi connectivity index (χ3n) is 4.59. The van der Waals surface area contributed by atoms with Crippen LogP contribution in [0.15, 0.2) is 30.3 Å². The second-order valence-corrected chi connectivity index (χ2v) is 6.59. The highest BCUT2D eigenvalue weighted by Crippen LogP contribution is 2.28. The molecule has 1 saturated heterocycles. The Bertz CT molecular complexity index is 804. The van der Waals surface area contributed by atoms with Crippen molar-refractivity contribution in [2.75, 3.05) is 26.4 Å². The fourth-order valence-corrected chi connectivity index (χ4v) is 2.89. The monoisotopic (exact) mass is 396 g/mol. The summed E-state index contributed by atoms with van der Waals surface area (Å²) in [6.07, 6.45) is -0.661. The number of halogens is 3. The van der Waals surface area contributed by atoms with Crippen molar-refractivity contribution in [2.45, 2.75) is 32.7 Å². The summed E-state index contributed by atoms with van der Waals surface area (Å²) >= 11 is 0. The molecule has 0 atom stereocenters. The minimum absolute atomic E-state index is 0.0240. The quantitative estimate of drug-likeness (QED) is 0.691. The maximum atomic E-state index is 14.4. The van der Waals surface area contributed by atoms with E-state index in [0.29, 0.717) is 17.9 Å². The molecule has 1 heterocycles. The van der Waals surface area contributed by atoms with Crippen molar-refractivity contribution in [3.63, 3.8) is 0 Å². The summed E-state index contributed by atoms with van der Waals surface area (Å²) in [4.78, 5) is 0. The molecule has 0 amide bonds. The minimum Gasteiger partial charge on any atom is -0.488 e. The Morgan fingerprint density at radius 1 is 1.04 bits per heavy atom. The van der Waals surface area contributed by atoms with Crippen molar-refractivity contribution in [3.05, 3.63) is 64.5 Å². The predicted molar refractivity (Wildman–Crippen MR) is 96.8 cm³/mol. The van der Waals surface area contributed by atoms with E-state index >= 15 is 0 Å². The molecule has 0 saturated carbocycles. The normalized spacial score (nSPS) is 19.6. The van der Waals surface area contributed by atoms with Crippen LogP contribution in [0.1, 0.15) is 29.5 Å². The molecular weight excluding hydrogens is 373 g/mol. The van der Waals surface area contributed by atoms with E-state index in [4.69, 9.17) is 18.9 Å². The van der Waals surface area contributed by atoms with Gasteiger partial charge in [0.1, 0.15) is 18.2 Å². The van der Waals surface area contributed by atoms with E-state index in [1.807, 2.05) is 0 Å². The average Bonchev–Trinajstić information content (AvgIpc) is 2.70. The van der Waals surface area contributed by atoms with Gasteiger partial charge in [0, 0.05) is 24.2 Å². The number of hydrogen-bond acceptors (Lipinski definition) is 4. The molecule has 0 spiro atoms. The van der Waals surface area contributed by atoms with Gasteiger partial charge in [0.15, 0.2) is 17.9 Å². The molecule has 3 rings (SSSR count). The van der Waals surface area contributed by atoms with Gasteiger partial charge in [-0.2, -0.15) is 0 Å². The standard InChI is InChI=1S/C21H23F3O4/c1-3-25-9-14-5-7-17(21(24)20(14)23)15-10-27-19(28-11-15)12-26-16-6-4-13(2)18(22)8-16/h4-8,15,19H,3,9-12H2,1-2H3. The van der Waals surface area contributed by atoms with Gasteiger partial charge in [-0.25, -0.2) is 13.2 Å². The molecular formula is C21H23F3O4. The molecule has 7 heteroatoms. The first-order valence-electron chi connectivity index (χ1n) is 9.16. The first kappa shape index (κ1) is 20.6. The van der Waals surface area contributed by atoms with Crippen LogP contribution in [0.2, 0.25) is 0 Å². The van der Waals surface area contributed by atoms with E-state index in [0.717, 1.165) is 0 Å². The van der Waals surface area contributed by atoms with Crippen molar-refractivity contribution in [2.24, 2.45) is 0 Å². The van der Waals surface area contributed by atoms with Gasteiger partial charge in [0.05, 0.1) is 19.8 Å². The van der Waals surface area contributed by atoms with Crippen molar-refractivity contribution in [1.82, 2.24) is 0 Å². The summed E-state index contributed by atoms with van der Waals surface area (Å²) in [6, 6.07) is 7.63. The van der Waals surface area contributed by atoms with Crippen LogP contribution >= 0.6 is 0 Å². The number of hydrogen-bond donors (Lipinski definition) is 0. The Labute approximate surface area is 162 Å². The summed E-state index contributed by atoms with van der Waals surface area (Å²) in [5, 5.41) is 0. The van der Waals surface area contributed by atoms with E-state index in [-0.39, 0.29) is 43.4 Å². The zero-order valence-corrected chi connectivity index (χ0v) is 15.8. The van der Waals surface area contributed by atoms with Crippen LogP contribution in [0.25, 0.3) is 0 Å². The zero-order chi connectivity index (χ0) is 20.1. The fraction of sp³-hybridized carbons (Fsp3) is 0.429. The van der Waals surface area contributed by atoms with Crippen LogP contribution in [-0.2, 0) is 20.8 Å². The first-order valence-corrected chi connectivity index (χ1v) is 9.16. The van der Waals surface area contributed by atoms with Gasteiger partial charge in [-0.15, -0.1) is 0 Å². The summed E-state index contributed by atoms with van der Waals surface area (Å²) in [7, 11) is 0. The Morgan fingerprint density at radius 3 is 2.46 bits per heavy atom. The van der Waals surface area contributed by atoms with Crippen molar-refractivity contribution in [1.29, 1.82) is 0 Å². The summed E-state index contributed by atoms with van der Waals surface area (Å²) < 4.78 is 63.9. The minimum atomic E-state index is -0.905. The highest BCUT2D eigenvalue weighted by molar-refractivity contribution is 5.29. The lowest BCUT2D eigenvalue weighted by molar-refractivity contribution is -0.199. The fourth-order valence-electron chi connectivity index (χ4n) is 2.89. The molecule has 1 aliphatic rings. The zero-order valence-electron chi connectivity index (χ0n) is 15.8. The Morgan fingerprint density at radius 2 is 1.79 bits per heavy atom. The van der Waals surface area contributed by atoms with E-state index in [1.165, 1.54) is 18.2 Å². The highest BCUT2D eigenvalue weighted by atomic mass is 19.2. The van der Waals surface area contributed by atoms with Gasteiger partial charge in [-0.05, 0) is 31.0 Å². The summed E-state index contributed by atoms with van der Waals surface area (Å²) in [5.74, 6) is -2.22. The molecule has 0 unspecified atom stereocenters. The van der Waals surface area contributed by atoms with E-state index < -0.39 is 23.8 Å². The van der Waals surface area contributed by atoms with Crippen LogP contribution < -0.4 is 4.74 Å². The molecule has 0 bridgehead atoms. The van der Waals surface area contributed by atoms with Crippen molar-refractivity contribution < 1.29 is 32.1 Å². The third-order valence-corrected chi connectivity index (χ3v) is 4.59. The van der Waals surface area contributed by atoms with Crippen LogP contribution in [0.5, 0.6) is 5.75 Å². The summed E-state index contributed by atoms with van der Waals surface area (Å²) in [5.41, 5.74) is 0.914. The van der Waals surface area contributed by atoms with Gasteiger partial charge >= 0.3 is 0 Å². The number of aryl methyl sites for hydroxylation is 1. The van der Waals surface area contributed by atoms with E-state index in [9.17, 15) is 13.2 Å². The Balaban J connectivity index is 1.55. The van der Waals surface area contributed by atoms with Crippen molar-refractivity contribution in [3.8, 4) is 5.75 Å². The lowest BCUT2D eigenvalue weighted by atomic mass is 9.97. The average molecular weight is 396 g/mol. The first-order chi connectivity index (χ1) is 13.5. The number of benzene rings is 2. The third kappa shape index (κ3) is 4.84. The molecule has 0 N–H and O–H groups in total. The predicted octanol–water partition coefficient (Wildman–Crippen LogP) is 4.48. The molecule has 2 aromatic rings. The highest BCUT2D eigenvalue weighted by Gasteiger charge is 2.28. The lowest BCUT2D eigenvalue weighted by Gasteiger charge is -2.30. The summed E-state index contributed by atoms with van der Waals surface area (Å²) in [6.45, 7) is 4.29. The van der Waals surface area contributed by atoms with Gasteiger partial charge in [-0.3, -0.25) is 0 Å². The number of rotatable bonds is 7. The second-order valence-electron chi connectivity index (χ2n) is 6.59. The van der Waals surface area contributed by atoms with Gasteiger partial charge in [0.25, 0.3) is 0 Å². The molecule has 4 nitrogen and oxygen atoms in total. The smallest absolute Gasteiger partial charge is 0.191 e. The molecule has 2 aromatic carbocycles. The van der Waals surface area contributed by atoms with E-state index in [2.05, 4.69) is 0 Å². The maximum Gasteiger partial charge on any atom is 0.191 e. The number of ether oxygens (including phenoxy) is 4. The molecule has 28 heavy (non-hydrogen) atoms. The SMILES string of the molecule is CCOCc1ccc(C2COC(COc3ccc(C)c(F)c3)OC2)c(F)c1F. The molecule has 152 valence electrons. The molecule has 0 aromatic heterocycles. The largest absolute Gasteiger partial charge is 0.488 e. The van der Waals surface area contributed by atoms with Crippen LogP contribution in [0.3, 0.4) is 0 Å². The molecule has 0 radical (unpaired) electrons. The van der Waals surface area contributed by atoms with Crippen LogP contribution in [-0.4, -0.2) is 32.7 Å². The second kappa shape index (κ2) is 9.41. The Kier molecular flexibility index (Phi) is 6.93. The van der Waals surface area contributed by atoms with Gasteiger partial charge in [-0.1, -0.05) is 18.2 Å². The molecule has 1 fully saturated rings. The van der Waals surface area contributed by atoms with Gasteiger partial charge < -0.3 is 18.9 Å². The van der Waals surface area contributed by atoms with Crippen LogP contribution in [0.4, 0.5) is 13.2 Å². The topological polar surface area (TPSA) is 36.9 Å².